The van der Waals surface area contributed by atoms with Crippen LogP contribution in [0.5, 0.6) is 0 Å². The second-order valence-corrected chi connectivity index (χ2v) is 5.76. The summed E-state index contributed by atoms with van der Waals surface area (Å²) in [5.74, 6) is -0.901. The first-order chi connectivity index (χ1) is 9.49. The van der Waals surface area contributed by atoms with Gasteiger partial charge in [-0.1, -0.05) is 40.2 Å². The molecule has 104 valence electrons. The largest absolute Gasteiger partial charge is 0.478 e. The van der Waals surface area contributed by atoms with E-state index in [9.17, 15) is 4.79 Å². The van der Waals surface area contributed by atoms with Crippen LogP contribution in [0, 0.1) is 0 Å². The summed E-state index contributed by atoms with van der Waals surface area (Å²) in [5, 5.41) is 8.96. The van der Waals surface area contributed by atoms with E-state index in [1.807, 2.05) is 38.4 Å². The lowest BCUT2D eigenvalue weighted by atomic mass is 9.97. The summed E-state index contributed by atoms with van der Waals surface area (Å²) in [7, 11) is 4.02. The fraction of sp³-hybridized carbons (Fsp3) is 0.188. The molecule has 2 aromatic rings. The Morgan fingerprint density at radius 3 is 1.85 bits per heavy atom. The molecular formula is C16H16BrNO2. The number of hydrogen-bond acceptors (Lipinski definition) is 2. The number of rotatable bonds is 4. The van der Waals surface area contributed by atoms with Crippen LogP contribution in [-0.2, 0) is 0 Å². The molecule has 0 saturated heterocycles. The van der Waals surface area contributed by atoms with Gasteiger partial charge in [-0.15, -0.1) is 0 Å². The fourth-order valence-corrected chi connectivity index (χ4v) is 2.51. The van der Waals surface area contributed by atoms with Crippen LogP contribution in [0.2, 0.25) is 0 Å². The van der Waals surface area contributed by atoms with Crippen molar-refractivity contribution in [2.45, 2.75) is 6.04 Å². The Bertz CT molecular complexity index is 591. The third kappa shape index (κ3) is 3.26. The van der Waals surface area contributed by atoms with Gasteiger partial charge in [-0.25, -0.2) is 4.79 Å². The summed E-state index contributed by atoms with van der Waals surface area (Å²) in [4.78, 5) is 13.0. The van der Waals surface area contributed by atoms with Gasteiger partial charge in [0.25, 0.3) is 0 Å². The number of benzene rings is 2. The molecule has 4 heteroatoms. The minimum Gasteiger partial charge on any atom is -0.478 e. The van der Waals surface area contributed by atoms with Gasteiger partial charge in [-0.3, -0.25) is 4.90 Å². The highest BCUT2D eigenvalue weighted by Crippen LogP contribution is 2.27. The van der Waals surface area contributed by atoms with Crippen LogP contribution >= 0.6 is 15.9 Å². The highest BCUT2D eigenvalue weighted by Gasteiger charge is 2.16. The molecule has 2 rings (SSSR count). The monoisotopic (exact) mass is 333 g/mol. The van der Waals surface area contributed by atoms with E-state index in [4.69, 9.17) is 5.11 Å². The molecule has 0 saturated carbocycles. The molecule has 20 heavy (non-hydrogen) atoms. The lowest BCUT2D eigenvalue weighted by molar-refractivity contribution is 0.0697. The highest BCUT2D eigenvalue weighted by atomic mass is 79.9. The zero-order valence-electron chi connectivity index (χ0n) is 11.4. The first kappa shape index (κ1) is 14.8. The van der Waals surface area contributed by atoms with Crippen molar-refractivity contribution >= 4 is 21.9 Å². The molecule has 0 aliphatic heterocycles. The van der Waals surface area contributed by atoms with Crippen molar-refractivity contribution in [3.8, 4) is 0 Å². The summed E-state index contributed by atoms with van der Waals surface area (Å²) in [6, 6.07) is 15.3. The van der Waals surface area contributed by atoms with Crippen molar-refractivity contribution in [2.75, 3.05) is 14.1 Å². The van der Waals surface area contributed by atoms with Crippen molar-refractivity contribution < 1.29 is 9.90 Å². The Kier molecular flexibility index (Phi) is 4.57. The zero-order valence-corrected chi connectivity index (χ0v) is 13.0. The topological polar surface area (TPSA) is 40.5 Å². The molecule has 0 aliphatic carbocycles. The van der Waals surface area contributed by atoms with Gasteiger partial charge in [0.05, 0.1) is 11.6 Å². The number of carbonyl (C=O) groups is 1. The number of nitrogens with zero attached hydrogens (tertiary/aromatic N) is 1. The molecule has 3 nitrogen and oxygen atoms in total. The molecule has 0 aromatic heterocycles. The van der Waals surface area contributed by atoms with Crippen molar-refractivity contribution in [3.05, 3.63) is 69.7 Å². The first-order valence-electron chi connectivity index (χ1n) is 6.24. The predicted molar refractivity (Wildman–Crippen MR) is 83.1 cm³/mol. The summed E-state index contributed by atoms with van der Waals surface area (Å²) in [5.41, 5.74) is 2.55. The van der Waals surface area contributed by atoms with E-state index in [1.54, 1.807) is 12.1 Å². The van der Waals surface area contributed by atoms with E-state index in [-0.39, 0.29) is 6.04 Å². The van der Waals surface area contributed by atoms with Gasteiger partial charge in [-0.05, 0) is 49.5 Å². The molecule has 0 spiro atoms. The average Bonchev–Trinajstić information content (AvgIpc) is 2.41. The molecule has 0 fully saturated rings. The number of carboxylic acids is 1. The Balaban J connectivity index is 2.38. The van der Waals surface area contributed by atoms with Crippen molar-refractivity contribution in [1.29, 1.82) is 0 Å². The smallest absolute Gasteiger partial charge is 0.335 e. The van der Waals surface area contributed by atoms with E-state index < -0.39 is 5.97 Å². The molecule has 0 aliphatic rings. The third-order valence-electron chi connectivity index (χ3n) is 3.18. The molecule has 0 heterocycles. The normalized spacial score (nSPS) is 12.4. The van der Waals surface area contributed by atoms with E-state index in [2.05, 4.69) is 33.0 Å². The Labute approximate surface area is 127 Å². The first-order valence-corrected chi connectivity index (χ1v) is 7.03. The van der Waals surface area contributed by atoms with E-state index in [1.165, 1.54) is 5.56 Å². The lowest BCUT2D eigenvalue weighted by Crippen LogP contribution is -2.21. The number of carboxylic acid groups (broad SMARTS) is 1. The number of halogens is 1. The summed E-state index contributed by atoms with van der Waals surface area (Å²) in [6.45, 7) is 0. The molecule has 2 aromatic carbocycles. The Morgan fingerprint density at radius 2 is 1.45 bits per heavy atom. The van der Waals surface area contributed by atoms with E-state index in [0.29, 0.717) is 5.56 Å². The second kappa shape index (κ2) is 6.20. The maximum Gasteiger partial charge on any atom is 0.335 e. The van der Waals surface area contributed by atoms with Crippen LogP contribution in [0.15, 0.2) is 53.0 Å². The molecule has 1 N–H and O–H groups in total. The molecule has 1 unspecified atom stereocenters. The standard InChI is InChI=1S/C16H16BrNO2/c1-18(2)15(12-7-9-14(17)10-8-12)11-3-5-13(6-4-11)16(19)20/h3-10,15H,1-2H3,(H,19,20). The maximum absolute atomic E-state index is 10.9. The van der Waals surface area contributed by atoms with E-state index in [0.717, 1.165) is 10.0 Å². The van der Waals surface area contributed by atoms with Crippen LogP contribution in [0.1, 0.15) is 27.5 Å². The van der Waals surface area contributed by atoms with Gasteiger partial charge in [0.15, 0.2) is 0 Å². The van der Waals surface area contributed by atoms with Crippen molar-refractivity contribution in [1.82, 2.24) is 4.90 Å². The molecule has 0 bridgehead atoms. The fourth-order valence-electron chi connectivity index (χ4n) is 2.24. The average molecular weight is 334 g/mol. The van der Waals surface area contributed by atoms with Crippen LogP contribution in [0.3, 0.4) is 0 Å². The van der Waals surface area contributed by atoms with Crippen LogP contribution < -0.4 is 0 Å². The molecular weight excluding hydrogens is 318 g/mol. The Morgan fingerprint density at radius 1 is 1.00 bits per heavy atom. The quantitative estimate of drug-likeness (QED) is 0.925. The molecule has 0 radical (unpaired) electrons. The second-order valence-electron chi connectivity index (χ2n) is 4.84. The Hall–Kier alpha value is -1.65. The predicted octanol–water partition coefficient (Wildman–Crippen LogP) is 3.80. The lowest BCUT2D eigenvalue weighted by Gasteiger charge is -2.25. The van der Waals surface area contributed by atoms with Crippen molar-refractivity contribution in [2.24, 2.45) is 0 Å². The van der Waals surface area contributed by atoms with Gasteiger partial charge in [-0.2, -0.15) is 0 Å². The van der Waals surface area contributed by atoms with Crippen molar-refractivity contribution in [3.63, 3.8) is 0 Å². The number of aromatic carboxylic acids is 1. The van der Waals surface area contributed by atoms with Gasteiger partial charge >= 0.3 is 5.97 Å². The maximum atomic E-state index is 10.9. The van der Waals surface area contributed by atoms with Crippen LogP contribution in [-0.4, -0.2) is 30.1 Å². The third-order valence-corrected chi connectivity index (χ3v) is 3.70. The summed E-state index contributed by atoms with van der Waals surface area (Å²) in [6.07, 6.45) is 0. The summed E-state index contributed by atoms with van der Waals surface area (Å²) < 4.78 is 1.04. The highest BCUT2D eigenvalue weighted by molar-refractivity contribution is 9.10. The molecule has 0 amide bonds. The summed E-state index contributed by atoms with van der Waals surface area (Å²) >= 11 is 3.43. The zero-order chi connectivity index (χ0) is 14.7. The van der Waals surface area contributed by atoms with Crippen LogP contribution in [0.4, 0.5) is 0 Å². The van der Waals surface area contributed by atoms with E-state index >= 15 is 0 Å². The minimum atomic E-state index is -0.901. The van der Waals surface area contributed by atoms with Crippen LogP contribution in [0.25, 0.3) is 0 Å². The van der Waals surface area contributed by atoms with Gasteiger partial charge in [0.1, 0.15) is 0 Å². The molecule has 1 atom stereocenters. The minimum absolute atomic E-state index is 0.103. The van der Waals surface area contributed by atoms with Gasteiger partial charge in [0, 0.05) is 4.47 Å². The van der Waals surface area contributed by atoms with Gasteiger partial charge in [0.2, 0.25) is 0 Å². The van der Waals surface area contributed by atoms with Gasteiger partial charge < -0.3 is 5.11 Å². The SMILES string of the molecule is CN(C)C(c1ccc(Br)cc1)c1ccc(C(=O)O)cc1. The number of hydrogen-bond donors (Lipinski definition) is 1.